The van der Waals surface area contributed by atoms with Crippen LogP contribution < -0.4 is 27.7 Å². The number of hydrogen-bond acceptors (Lipinski definition) is 27. The molecular weight excluding hydrogens is 1300 g/mol. The molecule has 3 aliphatic rings. The van der Waals surface area contributed by atoms with E-state index in [0.29, 0.717) is 104 Å². The van der Waals surface area contributed by atoms with Crippen LogP contribution >= 0.6 is 46.4 Å². The molecule has 0 bridgehead atoms. The van der Waals surface area contributed by atoms with Crippen molar-refractivity contribution in [3.05, 3.63) is 67.7 Å². The Bertz CT molecular complexity index is 2800. The van der Waals surface area contributed by atoms with Crippen LogP contribution in [-0.4, -0.2) is 239 Å². The van der Waals surface area contributed by atoms with E-state index in [1.54, 1.807) is 0 Å². The van der Waals surface area contributed by atoms with Crippen molar-refractivity contribution in [3.63, 3.8) is 0 Å². The molecule has 0 aliphatic carbocycles. The Kier molecular flexibility index (Phi) is 40.7. The molecule has 3 aliphatic heterocycles. The molecule has 1 saturated heterocycles. The number of aldehydes is 1. The zero-order valence-corrected chi connectivity index (χ0v) is 51.9. The van der Waals surface area contributed by atoms with Crippen molar-refractivity contribution in [2.45, 2.75) is 38.5 Å². The van der Waals surface area contributed by atoms with Gasteiger partial charge in [-0.1, -0.05) is 46.4 Å². The van der Waals surface area contributed by atoms with Gasteiger partial charge in [0.05, 0.1) is 150 Å². The van der Waals surface area contributed by atoms with E-state index in [-0.39, 0.29) is 121 Å². The Morgan fingerprint density at radius 1 is 0.495 bits per heavy atom. The molecule has 0 unspecified atom stereocenters. The number of hydroxylamine groups is 2. The van der Waals surface area contributed by atoms with Crippen LogP contribution in [0.25, 0.3) is 0 Å². The van der Waals surface area contributed by atoms with Crippen molar-refractivity contribution >= 4 is 118 Å². The largest absolute Gasteiger partial charge is 0.504 e. The monoisotopic (exact) mass is 1370 g/mol. The minimum Gasteiger partial charge on any atom is -0.504 e. The first-order valence-electron chi connectivity index (χ1n) is 27.4. The van der Waals surface area contributed by atoms with Crippen LogP contribution in [0.4, 0.5) is 0 Å². The summed E-state index contributed by atoms with van der Waals surface area (Å²) in [6, 6.07) is 2.15. The number of ether oxygens (including phenoxy) is 8. The van der Waals surface area contributed by atoms with Gasteiger partial charge in [0.25, 0.3) is 35.4 Å². The third-order valence-electron chi connectivity index (χ3n) is 11.3. The van der Waals surface area contributed by atoms with Crippen molar-refractivity contribution in [2.24, 2.45) is 16.8 Å². The third-order valence-corrected chi connectivity index (χ3v) is 12.7. The summed E-state index contributed by atoms with van der Waals surface area (Å²) in [5.74, 6) is 1.60. The average molecular weight is 1370 g/mol. The predicted octanol–water partition coefficient (Wildman–Crippen LogP) is 0.260. The number of hydrazine groups is 1. The lowest BCUT2D eigenvalue weighted by Crippen LogP contribution is -2.35. The Morgan fingerprint density at radius 3 is 1.22 bits per heavy atom. The standard InChI is InChI=1S/C25H32Cl2N4O10.C22H31N3O11.C7H4Cl2O3.H4N2/c26-18-15-19(32)25(37)24(27)17(18)16-29-30-21(34)4-7-38-9-11-40-13-14-41-12-10-39-8-5-28-20(33)3-6-31-22(35)1-2-23(31)36;26-17(5-8-24-18(27)1-2-19(24)28)23-7-10-33-12-14-35-16-15-34-13-11-32-9-6-22(31)36-25-20(29)3-4-21(25)30;8-4-1-5(11)7(12)6(9)3(4)2-10;1-2/h1-2,15-16,32,37H,3-14H2,(H,28,33)(H,30,34);1-2H,3-16H2,(H,23,26);1-2,11-12H;1-2H2. The average Bonchev–Trinajstić information content (AvgIpc) is 2.93. The van der Waals surface area contributed by atoms with E-state index in [1.807, 2.05) is 0 Å². The van der Waals surface area contributed by atoms with Crippen LogP contribution in [0.1, 0.15) is 54.4 Å². The highest BCUT2D eigenvalue weighted by molar-refractivity contribution is 6.40. The molecule has 3 heterocycles. The second-order valence-electron chi connectivity index (χ2n) is 17.8. The van der Waals surface area contributed by atoms with Crippen molar-refractivity contribution < 1.29 is 116 Å². The summed E-state index contributed by atoms with van der Waals surface area (Å²) in [7, 11) is 0. The molecule has 0 atom stereocenters. The number of carbonyl (C=O) groups is 11. The smallest absolute Gasteiger partial charge is 0.335 e. The number of nitrogens with zero attached hydrogens (tertiary/aromatic N) is 4. The normalized spacial score (nSPS) is 13.3. The number of phenols is 4. The van der Waals surface area contributed by atoms with E-state index in [2.05, 4.69) is 32.8 Å². The van der Waals surface area contributed by atoms with Crippen LogP contribution in [0.5, 0.6) is 23.0 Å². The molecule has 11 N–H and O–H groups in total. The number of aromatic hydroxyl groups is 4. The van der Waals surface area contributed by atoms with E-state index < -0.39 is 70.3 Å². The maximum Gasteiger partial charge on any atom is 0.335 e. The maximum atomic E-state index is 11.8. The number of amides is 9. The highest BCUT2D eigenvalue weighted by atomic mass is 35.5. The lowest BCUT2D eigenvalue weighted by atomic mass is 10.2. The number of hydrazone groups is 1. The minimum absolute atomic E-state index is 0.00491. The molecule has 9 amide bonds. The van der Waals surface area contributed by atoms with E-state index in [4.69, 9.17) is 99.3 Å². The van der Waals surface area contributed by atoms with Crippen LogP contribution in [0.2, 0.25) is 20.1 Å². The Morgan fingerprint density at radius 2 is 0.835 bits per heavy atom. The molecule has 5 rings (SSSR count). The van der Waals surface area contributed by atoms with Gasteiger partial charge in [-0.15, -0.1) is 5.06 Å². The number of nitrogens with one attached hydrogen (secondary N) is 3. The Hall–Kier alpha value is -7.48. The first-order valence-corrected chi connectivity index (χ1v) is 28.9. The lowest BCUT2D eigenvalue weighted by Gasteiger charge is -2.13. The van der Waals surface area contributed by atoms with E-state index in [9.17, 15) is 63.0 Å². The lowest BCUT2D eigenvalue weighted by molar-refractivity contribution is -0.198. The van der Waals surface area contributed by atoms with Crippen LogP contribution in [0.3, 0.4) is 0 Å². The van der Waals surface area contributed by atoms with Gasteiger partial charge in [-0.05, 0) is 0 Å². The fourth-order valence-corrected chi connectivity index (χ4v) is 7.83. The van der Waals surface area contributed by atoms with Crippen molar-refractivity contribution in [1.82, 2.24) is 30.9 Å². The second-order valence-corrected chi connectivity index (χ2v) is 19.4. The first-order chi connectivity index (χ1) is 43.7. The molecule has 91 heavy (non-hydrogen) atoms. The predicted molar refractivity (Wildman–Crippen MR) is 319 cm³/mol. The van der Waals surface area contributed by atoms with Crippen molar-refractivity contribution in [2.75, 3.05) is 132 Å². The molecule has 0 spiro atoms. The summed E-state index contributed by atoms with van der Waals surface area (Å²) in [6.07, 6.45) is 6.36. The molecule has 504 valence electrons. The maximum absolute atomic E-state index is 11.8. The van der Waals surface area contributed by atoms with Crippen LogP contribution in [0, 0.1) is 0 Å². The highest BCUT2D eigenvalue weighted by Gasteiger charge is 2.33. The summed E-state index contributed by atoms with van der Waals surface area (Å²) < 4.78 is 42.6. The minimum atomic E-state index is -0.719. The first kappa shape index (κ1) is 79.6. The Balaban J connectivity index is 0.000000514. The fraction of sp³-hybridized carbons (Fsp3) is 0.481. The van der Waals surface area contributed by atoms with Gasteiger partial charge < -0.3 is 73.8 Å². The quantitative estimate of drug-likeness (QED) is 0.00822. The zero-order chi connectivity index (χ0) is 67.5. The molecule has 2 aromatic carbocycles. The number of halogens is 4. The van der Waals surface area contributed by atoms with E-state index >= 15 is 0 Å². The van der Waals surface area contributed by atoms with Crippen LogP contribution in [0.15, 0.2) is 41.5 Å². The van der Waals surface area contributed by atoms with E-state index in [0.717, 1.165) is 28.1 Å². The summed E-state index contributed by atoms with van der Waals surface area (Å²) in [6.45, 7) is 5.43. The van der Waals surface area contributed by atoms with Crippen LogP contribution in [-0.2, 0) is 90.7 Å². The molecule has 0 saturated carbocycles. The molecule has 33 nitrogen and oxygen atoms in total. The van der Waals surface area contributed by atoms with Gasteiger partial charge in [0.2, 0.25) is 17.7 Å². The van der Waals surface area contributed by atoms with Gasteiger partial charge in [-0.3, -0.25) is 69.4 Å². The Labute approximate surface area is 540 Å². The summed E-state index contributed by atoms with van der Waals surface area (Å²) in [5, 5.41) is 46.2. The number of carbonyl (C=O) groups excluding carboxylic acids is 11. The summed E-state index contributed by atoms with van der Waals surface area (Å²) in [4.78, 5) is 132. The molecular formula is C54H71Cl4N9O24. The zero-order valence-electron chi connectivity index (χ0n) is 48.9. The molecule has 0 radical (unpaired) electrons. The van der Waals surface area contributed by atoms with E-state index in [1.165, 1.54) is 24.3 Å². The van der Waals surface area contributed by atoms with Crippen molar-refractivity contribution in [1.29, 1.82) is 0 Å². The number of phenolic OH excluding ortho intramolecular Hbond substituents is 4. The molecule has 0 aromatic heterocycles. The van der Waals surface area contributed by atoms with Gasteiger partial charge in [0.1, 0.15) is 0 Å². The van der Waals surface area contributed by atoms with Gasteiger partial charge in [0, 0.05) is 93.9 Å². The van der Waals surface area contributed by atoms with Gasteiger partial charge in [-0.25, -0.2) is 10.2 Å². The summed E-state index contributed by atoms with van der Waals surface area (Å²) >= 11 is 22.8. The van der Waals surface area contributed by atoms with Gasteiger partial charge in [0.15, 0.2) is 29.3 Å². The highest BCUT2D eigenvalue weighted by Crippen LogP contribution is 2.40. The van der Waals surface area contributed by atoms with Gasteiger partial charge >= 0.3 is 5.97 Å². The third kappa shape index (κ3) is 31.9. The SMILES string of the molecule is NN.O=C(CCN1C(=O)C=CC1=O)NCCOCCOCCOCCOCCC(=O)NN=Cc1c(Cl)cc(O)c(O)c1Cl.O=C(CCN1C(=O)C=CC1=O)NCCOCCOCCOCCOCCC(=O)ON1C(=O)CCC1=O.O=Cc1c(Cl)cc(O)c(O)c1Cl. The van der Waals surface area contributed by atoms with Crippen molar-refractivity contribution in [3.8, 4) is 23.0 Å². The number of imide groups is 3. The molecule has 1 fully saturated rings. The molecule has 2 aromatic rings. The second kappa shape index (κ2) is 46.6. The summed E-state index contributed by atoms with van der Waals surface area (Å²) in [5.41, 5.74) is 2.38. The topological polar surface area (TPSA) is 462 Å². The van der Waals surface area contributed by atoms with Gasteiger partial charge in [-0.2, -0.15) is 5.10 Å². The number of nitrogens with two attached hydrogens (primary N) is 2. The fourth-order valence-electron chi connectivity index (χ4n) is 6.75. The number of rotatable bonds is 40. The number of benzene rings is 2. The number of hydrogen-bond donors (Lipinski definition) is 9. The molecule has 37 heteroatoms.